The number of carbonyl (C=O) groups is 3. The molecular weight excluding hydrogens is 574 g/mol. The fraction of sp³-hybridized carbons (Fsp3) is 0.344. The first-order valence-corrected chi connectivity index (χ1v) is 16.1. The number of halogens is 1. The summed E-state index contributed by atoms with van der Waals surface area (Å²) in [5.41, 5.74) is 1.71. The maximum atomic E-state index is 14.0. The summed E-state index contributed by atoms with van der Waals surface area (Å²) >= 11 is 6.25. The largest absolute Gasteiger partial charge is 0.352 e. The molecule has 5 rings (SSSR count). The standard InChI is InChI=1S/C32H34ClN3O5S/c33-25-13-9-12-24(20-25)22-35(30(37)18-19-36-32(39)27-16-7-8-17-29(27)42(36,40)41)28(21-23-10-3-1-4-11-23)31(38)34-26-14-5-2-6-15-26/h1,3-4,7-13,16-17,20,26,28H,2,5-6,14-15,18-19,21-22H2,(H,34,38). The second kappa shape index (κ2) is 13.1. The number of sulfonamides is 1. The van der Waals surface area contributed by atoms with E-state index in [4.69, 9.17) is 11.6 Å². The lowest BCUT2D eigenvalue weighted by molar-refractivity contribution is -0.141. The molecule has 0 saturated heterocycles. The van der Waals surface area contributed by atoms with Crippen molar-refractivity contribution in [2.24, 2.45) is 0 Å². The Morgan fingerprint density at radius 2 is 1.62 bits per heavy atom. The van der Waals surface area contributed by atoms with E-state index in [9.17, 15) is 22.8 Å². The highest BCUT2D eigenvalue weighted by molar-refractivity contribution is 7.90. The Hall–Kier alpha value is -3.69. The quantitative estimate of drug-likeness (QED) is 0.351. The molecule has 3 aromatic rings. The number of fused-ring (bicyclic) bond motifs is 1. The van der Waals surface area contributed by atoms with Crippen LogP contribution in [0.3, 0.4) is 0 Å². The molecule has 1 atom stereocenters. The Morgan fingerprint density at radius 1 is 0.929 bits per heavy atom. The molecule has 10 heteroatoms. The smallest absolute Gasteiger partial charge is 0.269 e. The second-order valence-electron chi connectivity index (χ2n) is 10.8. The van der Waals surface area contributed by atoms with Crippen molar-refractivity contribution in [3.8, 4) is 0 Å². The molecule has 2 aliphatic rings. The first-order chi connectivity index (χ1) is 20.2. The van der Waals surface area contributed by atoms with Crippen molar-refractivity contribution in [3.05, 3.63) is 101 Å². The number of amides is 3. The predicted octanol–water partition coefficient (Wildman–Crippen LogP) is 4.96. The molecule has 3 amide bonds. The molecule has 1 aliphatic heterocycles. The number of hydrogen-bond donors (Lipinski definition) is 1. The summed E-state index contributed by atoms with van der Waals surface area (Å²) in [5.74, 6) is -1.34. The van der Waals surface area contributed by atoms with Crippen LogP contribution in [0.25, 0.3) is 0 Å². The third kappa shape index (κ3) is 6.68. The van der Waals surface area contributed by atoms with Crippen LogP contribution in [0, 0.1) is 0 Å². The summed E-state index contributed by atoms with van der Waals surface area (Å²) in [7, 11) is -4.07. The van der Waals surface area contributed by atoms with Crippen LogP contribution in [0.2, 0.25) is 5.02 Å². The summed E-state index contributed by atoms with van der Waals surface area (Å²) in [6.45, 7) is -0.237. The SMILES string of the molecule is O=C(NC1CCCCC1)C(Cc1ccccc1)N(Cc1cccc(Cl)c1)C(=O)CCN1C(=O)c2ccccc2S1(=O)=O. The fourth-order valence-electron chi connectivity index (χ4n) is 5.72. The van der Waals surface area contributed by atoms with Gasteiger partial charge in [0.1, 0.15) is 10.9 Å². The van der Waals surface area contributed by atoms with E-state index in [0.717, 1.165) is 47.5 Å². The molecule has 8 nitrogen and oxygen atoms in total. The molecule has 42 heavy (non-hydrogen) atoms. The van der Waals surface area contributed by atoms with Gasteiger partial charge in [0, 0.05) is 37.0 Å². The minimum absolute atomic E-state index is 0.0403. The van der Waals surface area contributed by atoms with Crippen LogP contribution >= 0.6 is 11.6 Å². The lowest BCUT2D eigenvalue weighted by atomic mass is 9.94. The highest BCUT2D eigenvalue weighted by Crippen LogP contribution is 2.30. The van der Waals surface area contributed by atoms with Crippen LogP contribution in [-0.4, -0.2) is 54.0 Å². The molecule has 1 aliphatic carbocycles. The number of nitrogens with one attached hydrogen (secondary N) is 1. The van der Waals surface area contributed by atoms with E-state index in [1.807, 2.05) is 36.4 Å². The maximum absolute atomic E-state index is 14.0. The van der Waals surface area contributed by atoms with Gasteiger partial charge in [0.25, 0.3) is 15.9 Å². The van der Waals surface area contributed by atoms with Gasteiger partial charge >= 0.3 is 0 Å². The van der Waals surface area contributed by atoms with Crippen LogP contribution in [0.1, 0.15) is 60.0 Å². The van der Waals surface area contributed by atoms with E-state index >= 15 is 0 Å². The van der Waals surface area contributed by atoms with Crippen LogP contribution < -0.4 is 5.32 Å². The molecule has 220 valence electrons. The van der Waals surface area contributed by atoms with Crippen molar-refractivity contribution < 1.29 is 22.8 Å². The molecule has 0 spiro atoms. The normalized spacial score (nSPS) is 17.0. The van der Waals surface area contributed by atoms with E-state index in [-0.39, 0.29) is 48.3 Å². The number of benzene rings is 3. The Kier molecular flexibility index (Phi) is 9.28. The fourth-order valence-corrected chi connectivity index (χ4v) is 7.51. The maximum Gasteiger partial charge on any atom is 0.269 e. The van der Waals surface area contributed by atoms with Crippen molar-refractivity contribution in [2.45, 2.75) is 68.5 Å². The summed E-state index contributed by atoms with van der Waals surface area (Å²) in [6.07, 6.45) is 5.00. The lowest BCUT2D eigenvalue weighted by Crippen LogP contribution is -2.53. The number of nitrogens with zero attached hydrogens (tertiary/aromatic N) is 2. The minimum Gasteiger partial charge on any atom is -0.352 e. The molecule has 3 aromatic carbocycles. The Morgan fingerprint density at radius 3 is 2.33 bits per heavy atom. The number of carbonyl (C=O) groups excluding carboxylic acids is 3. The monoisotopic (exact) mass is 607 g/mol. The second-order valence-corrected chi connectivity index (χ2v) is 13.1. The van der Waals surface area contributed by atoms with Crippen LogP contribution in [0.15, 0.2) is 83.8 Å². The minimum atomic E-state index is -4.07. The molecule has 1 unspecified atom stereocenters. The van der Waals surface area contributed by atoms with Gasteiger partial charge in [0.2, 0.25) is 11.8 Å². The first kappa shape index (κ1) is 29.8. The zero-order valence-corrected chi connectivity index (χ0v) is 24.8. The van der Waals surface area contributed by atoms with Crippen LogP contribution in [0.5, 0.6) is 0 Å². The number of rotatable bonds is 10. The zero-order valence-electron chi connectivity index (χ0n) is 23.2. The Labute approximate surface area is 251 Å². The van der Waals surface area contributed by atoms with Gasteiger partial charge < -0.3 is 10.2 Å². The third-order valence-corrected chi connectivity index (χ3v) is 9.98. The molecule has 0 aromatic heterocycles. The van der Waals surface area contributed by atoms with Gasteiger partial charge in [-0.3, -0.25) is 14.4 Å². The molecule has 1 N–H and O–H groups in total. The topological polar surface area (TPSA) is 104 Å². The molecule has 0 radical (unpaired) electrons. The van der Waals surface area contributed by atoms with Crippen molar-refractivity contribution in [2.75, 3.05) is 6.54 Å². The van der Waals surface area contributed by atoms with Gasteiger partial charge in [-0.05, 0) is 48.2 Å². The average molecular weight is 608 g/mol. The first-order valence-electron chi connectivity index (χ1n) is 14.3. The average Bonchev–Trinajstić information content (AvgIpc) is 3.19. The van der Waals surface area contributed by atoms with Crippen molar-refractivity contribution in [1.29, 1.82) is 0 Å². The Balaban J connectivity index is 1.43. The lowest BCUT2D eigenvalue weighted by Gasteiger charge is -2.34. The summed E-state index contributed by atoms with van der Waals surface area (Å²) in [4.78, 5) is 42.3. The van der Waals surface area contributed by atoms with Gasteiger partial charge in [0.15, 0.2) is 0 Å². The van der Waals surface area contributed by atoms with Gasteiger partial charge in [-0.25, -0.2) is 12.7 Å². The van der Waals surface area contributed by atoms with E-state index in [0.29, 0.717) is 5.02 Å². The van der Waals surface area contributed by atoms with E-state index in [1.165, 1.54) is 17.0 Å². The third-order valence-electron chi connectivity index (χ3n) is 7.91. The Bertz CT molecular complexity index is 1560. The highest BCUT2D eigenvalue weighted by atomic mass is 35.5. The van der Waals surface area contributed by atoms with Crippen LogP contribution in [0.4, 0.5) is 0 Å². The molecule has 1 heterocycles. The summed E-state index contributed by atoms with van der Waals surface area (Å²) in [6, 6.07) is 21.8. The molecule has 0 bridgehead atoms. The van der Waals surface area contributed by atoms with Crippen molar-refractivity contribution in [1.82, 2.24) is 14.5 Å². The van der Waals surface area contributed by atoms with E-state index in [1.54, 1.807) is 30.3 Å². The van der Waals surface area contributed by atoms with Gasteiger partial charge in [-0.2, -0.15) is 0 Å². The van der Waals surface area contributed by atoms with Crippen molar-refractivity contribution >= 4 is 39.3 Å². The van der Waals surface area contributed by atoms with Crippen LogP contribution in [-0.2, 0) is 32.6 Å². The zero-order chi connectivity index (χ0) is 29.7. The van der Waals surface area contributed by atoms with Gasteiger partial charge in [0.05, 0.1) is 5.56 Å². The molecular formula is C32H34ClN3O5S. The predicted molar refractivity (Wildman–Crippen MR) is 160 cm³/mol. The summed E-state index contributed by atoms with van der Waals surface area (Å²) < 4.78 is 27.0. The molecule has 1 fully saturated rings. The summed E-state index contributed by atoms with van der Waals surface area (Å²) in [5, 5.41) is 3.68. The van der Waals surface area contributed by atoms with Crippen molar-refractivity contribution in [3.63, 3.8) is 0 Å². The van der Waals surface area contributed by atoms with E-state index < -0.39 is 27.9 Å². The number of hydrogen-bond acceptors (Lipinski definition) is 5. The molecule has 1 saturated carbocycles. The highest BCUT2D eigenvalue weighted by Gasteiger charge is 2.41. The van der Waals surface area contributed by atoms with Gasteiger partial charge in [-0.1, -0.05) is 85.5 Å². The van der Waals surface area contributed by atoms with E-state index in [2.05, 4.69) is 5.32 Å². The van der Waals surface area contributed by atoms with Gasteiger partial charge in [-0.15, -0.1) is 0 Å².